The molecule has 0 saturated heterocycles. The summed E-state index contributed by atoms with van der Waals surface area (Å²) in [6, 6.07) is 0. The summed E-state index contributed by atoms with van der Waals surface area (Å²) in [6.45, 7) is 7.69. The Morgan fingerprint density at radius 3 is 2.60 bits per heavy atom. The average Bonchev–Trinajstić information content (AvgIpc) is 2.15. The SMILES string of the molecule is CCC(=O)C1C=CC(C(C)C)=CC1(C)O. The van der Waals surface area contributed by atoms with Crippen molar-refractivity contribution in [3.8, 4) is 0 Å². The van der Waals surface area contributed by atoms with Gasteiger partial charge in [0, 0.05) is 6.42 Å². The van der Waals surface area contributed by atoms with E-state index in [0.29, 0.717) is 12.3 Å². The average molecular weight is 208 g/mol. The molecule has 2 atom stereocenters. The second-order valence-corrected chi connectivity index (χ2v) is 4.68. The van der Waals surface area contributed by atoms with Crippen LogP contribution < -0.4 is 0 Å². The van der Waals surface area contributed by atoms with E-state index in [-0.39, 0.29) is 11.7 Å². The summed E-state index contributed by atoms with van der Waals surface area (Å²) < 4.78 is 0. The number of carbonyl (C=O) groups is 1. The second kappa shape index (κ2) is 4.31. The number of rotatable bonds is 3. The molecule has 0 spiro atoms. The van der Waals surface area contributed by atoms with Gasteiger partial charge in [0.2, 0.25) is 0 Å². The Bertz CT molecular complexity index is 308. The van der Waals surface area contributed by atoms with Gasteiger partial charge in [-0.3, -0.25) is 4.79 Å². The summed E-state index contributed by atoms with van der Waals surface area (Å²) in [5, 5.41) is 10.2. The van der Waals surface area contributed by atoms with Crippen molar-refractivity contribution in [1.82, 2.24) is 0 Å². The van der Waals surface area contributed by atoms with Gasteiger partial charge in [-0.15, -0.1) is 0 Å². The second-order valence-electron chi connectivity index (χ2n) is 4.68. The summed E-state index contributed by atoms with van der Waals surface area (Å²) in [5.74, 6) is 0.0886. The zero-order valence-corrected chi connectivity index (χ0v) is 9.95. The predicted octanol–water partition coefficient (Wildman–Crippen LogP) is 2.48. The van der Waals surface area contributed by atoms with Crippen LogP contribution in [0, 0.1) is 11.8 Å². The van der Waals surface area contributed by atoms with Crippen LogP contribution in [0.2, 0.25) is 0 Å². The lowest BCUT2D eigenvalue weighted by Crippen LogP contribution is -2.38. The van der Waals surface area contributed by atoms with E-state index >= 15 is 0 Å². The van der Waals surface area contributed by atoms with E-state index in [1.165, 1.54) is 0 Å². The molecule has 0 saturated carbocycles. The standard InChI is InChI=1S/C13H20O2/c1-5-12(14)11-7-6-10(9(2)3)8-13(11,4)15/h6-9,11,15H,5H2,1-4H3. The monoisotopic (exact) mass is 208 g/mol. The molecule has 0 aromatic carbocycles. The van der Waals surface area contributed by atoms with Crippen LogP contribution in [0.15, 0.2) is 23.8 Å². The maximum absolute atomic E-state index is 11.6. The molecule has 0 aromatic heterocycles. The molecule has 1 N–H and O–H groups in total. The zero-order chi connectivity index (χ0) is 11.6. The molecule has 0 aromatic rings. The van der Waals surface area contributed by atoms with E-state index in [9.17, 15) is 9.90 Å². The van der Waals surface area contributed by atoms with Crippen molar-refractivity contribution in [3.05, 3.63) is 23.8 Å². The van der Waals surface area contributed by atoms with Gasteiger partial charge in [0.25, 0.3) is 0 Å². The van der Waals surface area contributed by atoms with Gasteiger partial charge in [-0.1, -0.05) is 32.9 Å². The third kappa shape index (κ3) is 2.57. The Balaban J connectivity index is 2.95. The molecule has 1 aliphatic carbocycles. The van der Waals surface area contributed by atoms with Gasteiger partial charge in [-0.25, -0.2) is 0 Å². The van der Waals surface area contributed by atoms with E-state index in [1.807, 2.05) is 25.2 Å². The van der Waals surface area contributed by atoms with Gasteiger partial charge in [0.1, 0.15) is 5.78 Å². The highest BCUT2D eigenvalue weighted by atomic mass is 16.3. The van der Waals surface area contributed by atoms with Crippen molar-refractivity contribution < 1.29 is 9.90 Å². The van der Waals surface area contributed by atoms with Gasteiger partial charge in [0.15, 0.2) is 0 Å². The van der Waals surface area contributed by atoms with Crippen molar-refractivity contribution in [3.63, 3.8) is 0 Å². The van der Waals surface area contributed by atoms with Gasteiger partial charge < -0.3 is 5.11 Å². The van der Waals surface area contributed by atoms with Crippen LogP contribution in [0.3, 0.4) is 0 Å². The first-order valence-electron chi connectivity index (χ1n) is 5.54. The fourth-order valence-corrected chi connectivity index (χ4v) is 1.89. The molecule has 15 heavy (non-hydrogen) atoms. The van der Waals surface area contributed by atoms with E-state index < -0.39 is 5.60 Å². The Morgan fingerprint density at radius 1 is 1.60 bits per heavy atom. The highest BCUT2D eigenvalue weighted by molar-refractivity contribution is 5.84. The largest absolute Gasteiger partial charge is 0.385 e. The smallest absolute Gasteiger partial charge is 0.142 e. The lowest BCUT2D eigenvalue weighted by atomic mass is 9.78. The number of ketones is 1. The third-order valence-corrected chi connectivity index (χ3v) is 2.93. The number of aliphatic hydroxyl groups is 1. The lowest BCUT2D eigenvalue weighted by Gasteiger charge is -2.31. The minimum Gasteiger partial charge on any atom is -0.385 e. The molecule has 0 bridgehead atoms. The maximum atomic E-state index is 11.6. The summed E-state index contributed by atoms with van der Waals surface area (Å²) in [6.07, 6.45) is 6.08. The molecule has 0 amide bonds. The number of allylic oxidation sites excluding steroid dienone is 2. The number of hydrogen-bond donors (Lipinski definition) is 1. The summed E-state index contributed by atoms with van der Waals surface area (Å²) >= 11 is 0. The van der Waals surface area contributed by atoms with Crippen molar-refractivity contribution in [2.45, 2.75) is 39.7 Å². The Labute approximate surface area is 91.7 Å². The van der Waals surface area contributed by atoms with Gasteiger partial charge in [-0.2, -0.15) is 0 Å². The van der Waals surface area contributed by atoms with E-state index in [0.717, 1.165) is 5.57 Å². The molecule has 1 aliphatic rings. The molecule has 0 fully saturated rings. The molecule has 0 radical (unpaired) electrons. The number of hydrogen-bond acceptors (Lipinski definition) is 2. The molecular formula is C13H20O2. The van der Waals surface area contributed by atoms with Crippen LogP contribution in [0.5, 0.6) is 0 Å². The first kappa shape index (κ1) is 12.2. The fourth-order valence-electron chi connectivity index (χ4n) is 1.89. The Kier molecular flexibility index (Phi) is 3.50. The van der Waals surface area contributed by atoms with Crippen LogP contribution >= 0.6 is 0 Å². The Hall–Kier alpha value is -0.890. The van der Waals surface area contributed by atoms with E-state index in [4.69, 9.17) is 0 Å². The van der Waals surface area contributed by atoms with Crippen molar-refractivity contribution in [2.75, 3.05) is 0 Å². The molecule has 2 unspecified atom stereocenters. The quantitative estimate of drug-likeness (QED) is 0.773. The highest BCUT2D eigenvalue weighted by Crippen LogP contribution is 2.31. The van der Waals surface area contributed by atoms with Gasteiger partial charge in [0.05, 0.1) is 11.5 Å². The third-order valence-electron chi connectivity index (χ3n) is 2.93. The predicted molar refractivity (Wildman–Crippen MR) is 61.5 cm³/mol. The molecule has 0 aliphatic heterocycles. The van der Waals surface area contributed by atoms with E-state index in [1.54, 1.807) is 6.92 Å². The maximum Gasteiger partial charge on any atom is 0.142 e. The molecule has 2 heteroatoms. The zero-order valence-electron chi connectivity index (χ0n) is 9.95. The van der Waals surface area contributed by atoms with Crippen LogP contribution in [0.25, 0.3) is 0 Å². The Morgan fingerprint density at radius 2 is 2.20 bits per heavy atom. The van der Waals surface area contributed by atoms with Crippen LogP contribution in [-0.2, 0) is 4.79 Å². The molecular weight excluding hydrogens is 188 g/mol. The highest BCUT2D eigenvalue weighted by Gasteiger charge is 2.35. The topological polar surface area (TPSA) is 37.3 Å². The molecule has 84 valence electrons. The summed E-state index contributed by atoms with van der Waals surface area (Å²) in [7, 11) is 0. The lowest BCUT2D eigenvalue weighted by molar-refractivity contribution is -0.126. The number of carbonyl (C=O) groups excluding carboxylic acids is 1. The first-order chi connectivity index (χ1) is 6.88. The molecule has 2 nitrogen and oxygen atoms in total. The van der Waals surface area contributed by atoms with Gasteiger partial charge in [-0.05, 0) is 24.5 Å². The number of Topliss-reactive ketones (excluding diaryl/α,β-unsaturated/α-hetero) is 1. The van der Waals surface area contributed by atoms with Crippen LogP contribution in [-0.4, -0.2) is 16.5 Å². The van der Waals surface area contributed by atoms with Crippen molar-refractivity contribution in [2.24, 2.45) is 11.8 Å². The first-order valence-corrected chi connectivity index (χ1v) is 5.54. The van der Waals surface area contributed by atoms with Crippen molar-refractivity contribution in [1.29, 1.82) is 0 Å². The minimum absolute atomic E-state index is 0.0929. The van der Waals surface area contributed by atoms with E-state index in [2.05, 4.69) is 13.8 Å². The molecule has 1 rings (SSSR count). The molecule has 0 heterocycles. The minimum atomic E-state index is -1.03. The van der Waals surface area contributed by atoms with Crippen molar-refractivity contribution >= 4 is 5.78 Å². The fraction of sp³-hybridized carbons (Fsp3) is 0.615. The summed E-state index contributed by atoms with van der Waals surface area (Å²) in [5.41, 5.74) is 0.0710. The normalized spacial score (nSPS) is 30.5. The summed E-state index contributed by atoms with van der Waals surface area (Å²) in [4.78, 5) is 11.6. The van der Waals surface area contributed by atoms with Crippen LogP contribution in [0.1, 0.15) is 34.1 Å². The van der Waals surface area contributed by atoms with Gasteiger partial charge >= 0.3 is 0 Å². The van der Waals surface area contributed by atoms with Crippen LogP contribution in [0.4, 0.5) is 0 Å².